The Morgan fingerprint density at radius 2 is 1.95 bits per heavy atom. The van der Waals surface area contributed by atoms with Crippen LogP contribution >= 0.6 is 0 Å². The molecule has 1 spiro atoms. The quantitative estimate of drug-likeness (QED) is 0.839. The highest BCUT2D eigenvalue weighted by atomic mass is 16.5. The van der Waals surface area contributed by atoms with Crippen molar-refractivity contribution in [2.24, 2.45) is 5.92 Å². The third-order valence-electron chi connectivity index (χ3n) is 5.32. The maximum Gasteiger partial charge on any atom is 0.0624 e. The topological polar surface area (TPSA) is 24.5 Å². The lowest BCUT2D eigenvalue weighted by atomic mass is 9.78. The molecular formula is C17H34N2O. The lowest BCUT2D eigenvalue weighted by molar-refractivity contribution is -0.0214. The van der Waals surface area contributed by atoms with Crippen molar-refractivity contribution in [2.75, 3.05) is 26.3 Å². The Bertz CT molecular complexity index is 287. The molecule has 0 amide bonds. The fourth-order valence-corrected chi connectivity index (χ4v) is 3.96. The molecule has 0 aromatic heterocycles. The molecule has 1 saturated carbocycles. The molecule has 1 heterocycles. The minimum Gasteiger partial charge on any atom is -0.380 e. The summed E-state index contributed by atoms with van der Waals surface area (Å²) in [5.74, 6) is 0.655. The van der Waals surface area contributed by atoms with Crippen LogP contribution in [-0.4, -0.2) is 48.8 Å². The smallest absolute Gasteiger partial charge is 0.0624 e. The van der Waals surface area contributed by atoms with Gasteiger partial charge in [-0.15, -0.1) is 0 Å². The third-order valence-corrected chi connectivity index (χ3v) is 5.32. The third kappa shape index (κ3) is 3.75. The Hall–Kier alpha value is -0.120. The van der Waals surface area contributed by atoms with Gasteiger partial charge in [0.25, 0.3) is 0 Å². The van der Waals surface area contributed by atoms with Gasteiger partial charge in [-0.2, -0.15) is 0 Å². The first kappa shape index (κ1) is 16.3. The Morgan fingerprint density at radius 3 is 2.55 bits per heavy atom. The van der Waals surface area contributed by atoms with Gasteiger partial charge in [0.15, 0.2) is 0 Å². The molecule has 3 nitrogen and oxygen atoms in total. The fraction of sp³-hybridized carbons (Fsp3) is 1.00. The summed E-state index contributed by atoms with van der Waals surface area (Å²) < 4.78 is 5.77. The summed E-state index contributed by atoms with van der Waals surface area (Å²) in [6.07, 6.45) is 6.93. The molecule has 0 aromatic carbocycles. The number of hydrogen-bond donors (Lipinski definition) is 1. The van der Waals surface area contributed by atoms with Crippen LogP contribution in [0.3, 0.4) is 0 Å². The van der Waals surface area contributed by atoms with E-state index >= 15 is 0 Å². The summed E-state index contributed by atoms with van der Waals surface area (Å²) in [7, 11) is 0. The van der Waals surface area contributed by atoms with Crippen LogP contribution in [0.15, 0.2) is 0 Å². The van der Waals surface area contributed by atoms with Crippen LogP contribution < -0.4 is 5.32 Å². The van der Waals surface area contributed by atoms with Gasteiger partial charge in [-0.25, -0.2) is 0 Å². The second-order valence-corrected chi connectivity index (χ2v) is 7.21. The van der Waals surface area contributed by atoms with Crippen molar-refractivity contribution >= 4 is 0 Å². The first-order chi connectivity index (χ1) is 9.58. The zero-order valence-electron chi connectivity index (χ0n) is 14.0. The van der Waals surface area contributed by atoms with Crippen LogP contribution in [0.5, 0.6) is 0 Å². The van der Waals surface area contributed by atoms with Crippen LogP contribution in [0.4, 0.5) is 0 Å². The van der Waals surface area contributed by atoms with Gasteiger partial charge in [0.05, 0.1) is 6.61 Å². The van der Waals surface area contributed by atoms with Crippen molar-refractivity contribution in [1.29, 1.82) is 0 Å². The van der Waals surface area contributed by atoms with Gasteiger partial charge >= 0.3 is 0 Å². The molecule has 20 heavy (non-hydrogen) atoms. The highest BCUT2D eigenvalue weighted by Gasteiger charge is 2.41. The van der Waals surface area contributed by atoms with Gasteiger partial charge in [-0.05, 0) is 32.6 Å². The number of piperazine rings is 1. The van der Waals surface area contributed by atoms with Crippen molar-refractivity contribution in [3.63, 3.8) is 0 Å². The molecule has 1 aliphatic heterocycles. The Balaban J connectivity index is 2.05. The largest absolute Gasteiger partial charge is 0.380 e. The number of hydrogen-bond acceptors (Lipinski definition) is 3. The molecule has 0 aromatic rings. The Kier molecular flexibility index (Phi) is 5.88. The molecule has 2 unspecified atom stereocenters. The van der Waals surface area contributed by atoms with Gasteiger partial charge in [-0.3, -0.25) is 4.90 Å². The maximum atomic E-state index is 5.77. The highest BCUT2D eigenvalue weighted by molar-refractivity contribution is 5.00. The monoisotopic (exact) mass is 282 g/mol. The van der Waals surface area contributed by atoms with E-state index in [1.54, 1.807) is 0 Å². The molecule has 2 atom stereocenters. The molecule has 1 N–H and O–H groups in total. The van der Waals surface area contributed by atoms with E-state index < -0.39 is 0 Å². The van der Waals surface area contributed by atoms with Gasteiger partial charge in [-0.1, -0.05) is 33.1 Å². The average molecular weight is 282 g/mol. The summed E-state index contributed by atoms with van der Waals surface area (Å²) in [4.78, 5) is 2.74. The van der Waals surface area contributed by atoms with Crippen molar-refractivity contribution < 1.29 is 4.74 Å². The predicted molar refractivity (Wildman–Crippen MR) is 85.1 cm³/mol. The summed E-state index contributed by atoms with van der Waals surface area (Å²) in [5.41, 5.74) is 0.393. The Morgan fingerprint density at radius 1 is 1.25 bits per heavy atom. The molecule has 0 radical (unpaired) electrons. The van der Waals surface area contributed by atoms with E-state index in [-0.39, 0.29) is 0 Å². The van der Waals surface area contributed by atoms with Crippen molar-refractivity contribution in [1.82, 2.24) is 10.2 Å². The van der Waals surface area contributed by atoms with Gasteiger partial charge in [0.1, 0.15) is 0 Å². The van der Waals surface area contributed by atoms with Crippen molar-refractivity contribution in [2.45, 2.75) is 77.4 Å². The van der Waals surface area contributed by atoms with E-state index in [2.05, 4.69) is 37.9 Å². The molecule has 3 heteroatoms. The minimum atomic E-state index is 0.393. The summed E-state index contributed by atoms with van der Waals surface area (Å²) in [6.45, 7) is 13.2. The number of nitrogens with one attached hydrogen (secondary N) is 1. The number of ether oxygens (including phenoxy) is 1. The molecule has 118 valence electrons. The van der Waals surface area contributed by atoms with Gasteiger partial charge < -0.3 is 10.1 Å². The number of rotatable bonds is 5. The lowest BCUT2D eigenvalue weighted by Crippen LogP contribution is -2.67. The maximum absolute atomic E-state index is 5.77. The molecule has 0 bridgehead atoms. The first-order valence-corrected chi connectivity index (χ1v) is 8.66. The van der Waals surface area contributed by atoms with Crippen LogP contribution in [-0.2, 0) is 4.74 Å². The summed E-state index contributed by atoms with van der Waals surface area (Å²) >= 11 is 0. The highest BCUT2D eigenvalue weighted by Crippen LogP contribution is 2.33. The van der Waals surface area contributed by atoms with Gasteiger partial charge in [0.2, 0.25) is 0 Å². The van der Waals surface area contributed by atoms with Crippen LogP contribution in [0.25, 0.3) is 0 Å². The zero-order valence-corrected chi connectivity index (χ0v) is 14.0. The predicted octanol–water partition coefficient (Wildman–Crippen LogP) is 3.04. The van der Waals surface area contributed by atoms with E-state index in [4.69, 9.17) is 4.74 Å². The normalized spacial score (nSPS) is 28.9. The number of nitrogens with zero attached hydrogens (tertiary/aromatic N) is 1. The second-order valence-electron chi connectivity index (χ2n) is 7.21. The fourth-order valence-electron chi connectivity index (χ4n) is 3.96. The van der Waals surface area contributed by atoms with E-state index in [0.29, 0.717) is 23.5 Å². The molecule has 1 saturated heterocycles. The van der Waals surface area contributed by atoms with E-state index in [1.807, 2.05) is 0 Å². The second kappa shape index (κ2) is 7.24. The van der Waals surface area contributed by atoms with E-state index in [1.165, 1.54) is 38.6 Å². The van der Waals surface area contributed by atoms with Crippen molar-refractivity contribution in [3.8, 4) is 0 Å². The SMILES string of the molecule is CCOCC(C(C)C)N1CC2(CCCCC2)NCC1C. The van der Waals surface area contributed by atoms with E-state index in [9.17, 15) is 0 Å². The molecule has 2 aliphatic rings. The van der Waals surface area contributed by atoms with Crippen LogP contribution in [0.2, 0.25) is 0 Å². The standard InChI is InChI=1S/C17H34N2O/c1-5-20-12-16(14(2)3)19-13-17(18-11-15(19)4)9-7-6-8-10-17/h14-16,18H,5-13H2,1-4H3. The van der Waals surface area contributed by atoms with Crippen molar-refractivity contribution in [3.05, 3.63) is 0 Å². The summed E-state index contributed by atoms with van der Waals surface area (Å²) in [6, 6.07) is 1.18. The lowest BCUT2D eigenvalue weighted by Gasteiger charge is -2.52. The Labute approximate surface area is 125 Å². The summed E-state index contributed by atoms with van der Waals surface area (Å²) in [5, 5.41) is 3.88. The molecule has 2 fully saturated rings. The molecular weight excluding hydrogens is 248 g/mol. The first-order valence-electron chi connectivity index (χ1n) is 8.66. The van der Waals surface area contributed by atoms with E-state index in [0.717, 1.165) is 19.8 Å². The molecule has 2 rings (SSSR count). The van der Waals surface area contributed by atoms with Crippen LogP contribution in [0.1, 0.15) is 59.8 Å². The van der Waals surface area contributed by atoms with Crippen LogP contribution in [0, 0.1) is 5.92 Å². The average Bonchev–Trinajstić information content (AvgIpc) is 2.44. The minimum absolute atomic E-state index is 0.393. The molecule has 1 aliphatic carbocycles. The zero-order chi connectivity index (χ0) is 14.6. The van der Waals surface area contributed by atoms with Gasteiger partial charge in [0, 0.05) is 37.3 Å².